The van der Waals surface area contributed by atoms with Gasteiger partial charge in [-0.15, -0.1) is 0 Å². The highest BCUT2D eigenvalue weighted by Gasteiger charge is 2.15. The van der Waals surface area contributed by atoms with E-state index in [1.807, 2.05) is 31.4 Å². The monoisotopic (exact) mass is 276 g/mol. The zero-order chi connectivity index (χ0) is 14.7. The molecule has 0 saturated heterocycles. The van der Waals surface area contributed by atoms with Crippen LogP contribution in [-0.2, 0) is 17.7 Å². The number of aromatic nitrogens is 2. The van der Waals surface area contributed by atoms with Crippen molar-refractivity contribution in [3.8, 4) is 0 Å². The van der Waals surface area contributed by atoms with Crippen molar-refractivity contribution in [2.75, 3.05) is 6.61 Å². The van der Waals surface area contributed by atoms with E-state index in [-0.39, 0.29) is 11.7 Å². The van der Waals surface area contributed by atoms with Crippen LogP contribution in [0.25, 0.3) is 11.0 Å². The Morgan fingerprint density at radius 1 is 1.45 bits per heavy atom. The first-order valence-electron chi connectivity index (χ1n) is 6.87. The number of hydrogen-bond donors (Lipinski definition) is 1. The number of imidazole rings is 1. The average Bonchev–Trinajstić information content (AvgIpc) is 2.76. The van der Waals surface area contributed by atoms with Crippen LogP contribution in [0.4, 0.5) is 0 Å². The van der Waals surface area contributed by atoms with Gasteiger partial charge in [0.15, 0.2) is 0 Å². The fraction of sp³-hybridized carbons (Fsp3) is 0.467. The molecular weight excluding hydrogens is 256 g/mol. The van der Waals surface area contributed by atoms with E-state index in [0.29, 0.717) is 18.7 Å². The normalized spacial score (nSPS) is 11.4. The summed E-state index contributed by atoms with van der Waals surface area (Å²) in [6.45, 7) is 7.28. The minimum absolute atomic E-state index is 0.185. The summed E-state index contributed by atoms with van der Waals surface area (Å²) in [5, 5.41) is 9.23. The van der Waals surface area contributed by atoms with Gasteiger partial charge in [0.05, 0.1) is 23.8 Å². The third-order valence-corrected chi connectivity index (χ3v) is 3.17. The molecule has 0 atom stereocenters. The van der Waals surface area contributed by atoms with E-state index < -0.39 is 5.97 Å². The highest BCUT2D eigenvalue weighted by Crippen LogP contribution is 2.21. The molecule has 0 unspecified atom stereocenters. The Bertz CT molecular complexity index is 617. The first-order valence-corrected chi connectivity index (χ1v) is 6.87. The van der Waals surface area contributed by atoms with E-state index in [4.69, 9.17) is 4.74 Å². The number of hydrogen-bond acceptors (Lipinski definition) is 3. The van der Waals surface area contributed by atoms with Gasteiger partial charge in [0.2, 0.25) is 0 Å². The summed E-state index contributed by atoms with van der Waals surface area (Å²) in [5.41, 5.74) is 1.66. The lowest BCUT2D eigenvalue weighted by Crippen LogP contribution is -2.12. The van der Waals surface area contributed by atoms with Crippen LogP contribution in [0.15, 0.2) is 18.2 Å². The molecule has 1 aromatic heterocycles. The van der Waals surface area contributed by atoms with Crippen LogP contribution in [0.3, 0.4) is 0 Å². The summed E-state index contributed by atoms with van der Waals surface area (Å²) in [7, 11) is 0. The van der Waals surface area contributed by atoms with Crippen LogP contribution in [0.1, 0.15) is 37.0 Å². The maximum absolute atomic E-state index is 11.3. The summed E-state index contributed by atoms with van der Waals surface area (Å²) >= 11 is 0. The minimum Gasteiger partial charge on any atom is -0.478 e. The van der Waals surface area contributed by atoms with Gasteiger partial charge in [-0.2, -0.15) is 0 Å². The van der Waals surface area contributed by atoms with Gasteiger partial charge >= 0.3 is 5.97 Å². The molecule has 0 aliphatic rings. The number of fused-ring (bicyclic) bond motifs is 1. The van der Waals surface area contributed by atoms with Gasteiger partial charge in [-0.05, 0) is 26.0 Å². The van der Waals surface area contributed by atoms with Crippen LogP contribution in [-0.4, -0.2) is 33.3 Å². The number of rotatable bonds is 6. The molecule has 5 heteroatoms. The molecule has 108 valence electrons. The molecule has 0 bridgehead atoms. The maximum Gasteiger partial charge on any atom is 0.337 e. The lowest BCUT2D eigenvalue weighted by atomic mass is 10.2. The van der Waals surface area contributed by atoms with Crippen molar-refractivity contribution in [3.05, 3.63) is 29.6 Å². The van der Waals surface area contributed by atoms with Crippen molar-refractivity contribution >= 4 is 17.0 Å². The predicted molar refractivity (Wildman–Crippen MR) is 77.2 cm³/mol. The number of carboxylic acid groups (broad SMARTS) is 1. The zero-order valence-electron chi connectivity index (χ0n) is 12.1. The Morgan fingerprint density at radius 3 is 2.80 bits per heavy atom. The lowest BCUT2D eigenvalue weighted by Gasteiger charge is -2.11. The number of aryl methyl sites for hydroxylation is 1. The highest BCUT2D eigenvalue weighted by atomic mass is 16.5. The Kier molecular flexibility index (Phi) is 4.39. The van der Waals surface area contributed by atoms with Crippen LogP contribution in [0.5, 0.6) is 0 Å². The molecule has 0 fully saturated rings. The molecule has 0 spiro atoms. The topological polar surface area (TPSA) is 64.3 Å². The summed E-state index contributed by atoms with van der Waals surface area (Å²) < 4.78 is 7.62. The first kappa shape index (κ1) is 14.5. The van der Waals surface area contributed by atoms with Crippen LogP contribution < -0.4 is 0 Å². The smallest absolute Gasteiger partial charge is 0.337 e. The molecule has 20 heavy (non-hydrogen) atoms. The fourth-order valence-corrected chi connectivity index (χ4v) is 2.27. The summed E-state index contributed by atoms with van der Waals surface area (Å²) in [6.07, 6.45) is 0.944. The Morgan fingerprint density at radius 2 is 2.20 bits per heavy atom. The largest absolute Gasteiger partial charge is 0.478 e. The molecule has 0 aliphatic carbocycles. The second-order valence-electron chi connectivity index (χ2n) is 4.93. The van der Waals surface area contributed by atoms with Crippen molar-refractivity contribution in [1.82, 2.24) is 9.55 Å². The second kappa shape index (κ2) is 6.05. The third-order valence-electron chi connectivity index (χ3n) is 3.17. The highest BCUT2D eigenvalue weighted by molar-refractivity contribution is 6.01. The molecule has 1 N–H and O–H groups in total. The quantitative estimate of drug-likeness (QED) is 0.881. The summed E-state index contributed by atoms with van der Waals surface area (Å²) in [4.78, 5) is 15.7. The summed E-state index contributed by atoms with van der Waals surface area (Å²) in [6, 6.07) is 5.25. The second-order valence-corrected chi connectivity index (χ2v) is 4.93. The van der Waals surface area contributed by atoms with Crippen molar-refractivity contribution in [1.29, 1.82) is 0 Å². The van der Waals surface area contributed by atoms with Gasteiger partial charge < -0.3 is 14.4 Å². The van der Waals surface area contributed by atoms with E-state index >= 15 is 0 Å². The van der Waals surface area contributed by atoms with Crippen molar-refractivity contribution < 1.29 is 14.6 Å². The molecule has 0 saturated carbocycles. The number of carbonyl (C=O) groups is 1. The molecule has 0 radical (unpaired) electrons. The number of nitrogens with zero attached hydrogens (tertiary/aromatic N) is 2. The molecule has 1 heterocycles. The Hall–Kier alpha value is -1.88. The third kappa shape index (κ3) is 2.82. The lowest BCUT2D eigenvalue weighted by molar-refractivity contribution is 0.0698. The van der Waals surface area contributed by atoms with Crippen molar-refractivity contribution in [2.24, 2.45) is 0 Å². The zero-order valence-corrected chi connectivity index (χ0v) is 12.1. The van der Waals surface area contributed by atoms with Crippen LogP contribution in [0, 0.1) is 0 Å². The average molecular weight is 276 g/mol. The molecule has 5 nitrogen and oxygen atoms in total. The molecule has 2 rings (SSSR count). The van der Waals surface area contributed by atoms with E-state index in [9.17, 15) is 9.90 Å². The fourth-order valence-electron chi connectivity index (χ4n) is 2.27. The first-order chi connectivity index (χ1) is 9.54. The molecule has 0 aliphatic heterocycles. The minimum atomic E-state index is -0.943. The van der Waals surface area contributed by atoms with Crippen molar-refractivity contribution in [3.63, 3.8) is 0 Å². The number of aromatic carboxylic acids is 1. The van der Waals surface area contributed by atoms with Gasteiger partial charge in [0.25, 0.3) is 0 Å². The van der Waals surface area contributed by atoms with Crippen LogP contribution >= 0.6 is 0 Å². The molecule has 0 amide bonds. The molecule has 1 aromatic carbocycles. The van der Waals surface area contributed by atoms with Crippen molar-refractivity contribution in [2.45, 2.75) is 39.8 Å². The van der Waals surface area contributed by atoms with E-state index in [1.54, 1.807) is 12.1 Å². The van der Waals surface area contributed by atoms with Gasteiger partial charge in [0, 0.05) is 13.0 Å². The number of para-hydroxylation sites is 1. The maximum atomic E-state index is 11.3. The standard InChI is InChI=1S/C15H20N2O3/c1-4-13-16-14-11(15(18)19)6-5-7-12(14)17(13)8-9-20-10(2)3/h5-7,10H,4,8-9H2,1-3H3,(H,18,19). The molecule has 2 aromatic rings. The van der Waals surface area contributed by atoms with Gasteiger partial charge in [-0.1, -0.05) is 13.0 Å². The van der Waals surface area contributed by atoms with E-state index in [2.05, 4.69) is 4.98 Å². The Labute approximate surface area is 118 Å². The SMILES string of the molecule is CCc1nc2c(C(=O)O)cccc2n1CCOC(C)C. The van der Waals surface area contributed by atoms with E-state index in [1.165, 1.54) is 0 Å². The van der Waals surface area contributed by atoms with E-state index in [0.717, 1.165) is 17.8 Å². The number of ether oxygens (including phenoxy) is 1. The number of benzene rings is 1. The number of carboxylic acids is 1. The molecular formula is C15H20N2O3. The van der Waals surface area contributed by atoms with Gasteiger partial charge in [-0.25, -0.2) is 9.78 Å². The van der Waals surface area contributed by atoms with Crippen LogP contribution in [0.2, 0.25) is 0 Å². The predicted octanol–water partition coefficient (Wildman–Crippen LogP) is 2.72. The van der Waals surface area contributed by atoms with Gasteiger partial charge in [-0.3, -0.25) is 0 Å². The van der Waals surface area contributed by atoms with Gasteiger partial charge in [0.1, 0.15) is 11.3 Å². The Balaban J connectivity index is 2.42. The summed E-state index contributed by atoms with van der Waals surface area (Å²) in [5.74, 6) is -0.0533.